The van der Waals surface area contributed by atoms with Crippen LogP contribution in [0.3, 0.4) is 0 Å². The highest BCUT2D eigenvalue weighted by Gasteiger charge is 2.18. The van der Waals surface area contributed by atoms with E-state index in [9.17, 15) is 0 Å². The third kappa shape index (κ3) is 4.78. The van der Waals surface area contributed by atoms with Crippen molar-refractivity contribution >= 4 is 5.96 Å². The molecule has 6 nitrogen and oxygen atoms in total. The van der Waals surface area contributed by atoms with Gasteiger partial charge in [0.05, 0.1) is 0 Å². The van der Waals surface area contributed by atoms with Crippen molar-refractivity contribution in [3.63, 3.8) is 0 Å². The van der Waals surface area contributed by atoms with E-state index >= 15 is 0 Å². The minimum atomic E-state index is 0.314. The average molecular weight is 346 g/mol. The summed E-state index contributed by atoms with van der Waals surface area (Å²) in [5.74, 6) is 3.28. The highest BCUT2D eigenvalue weighted by molar-refractivity contribution is 5.79. The molecule has 1 unspecified atom stereocenters. The van der Waals surface area contributed by atoms with Crippen LogP contribution in [0.25, 0.3) is 0 Å². The SMILES string of the molecule is CCNC(=NCC1CCCN(C)C1)N(C)Cc1ccc2c(c1)OCO2. The van der Waals surface area contributed by atoms with Gasteiger partial charge in [0.2, 0.25) is 6.79 Å². The largest absolute Gasteiger partial charge is 0.454 e. The van der Waals surface area contributed by atoms with Gasteiger partial charge >= 0.3 is 0 Å². The van der Waals surface area contributed by atoms with Gasteiger partial charge in [-0.1, -0.05) is 6.07 Å². The number of ether oxygens (including phenoxy) is 2. The molecule has 0 radical (unpaired) electrons. The number of hydrogen-bond donors (Lipinski definition) is 1. The summed E-state index contributed by atoms with van der Waals surface area (Å²) in [5.41, 5.74) is 1.19. The quantitative estimate of drug-likeness (QED) is 0.654. The van der Waals surface area contributed by atoms with Crippen molar-refractivity contribution in [1.29, 1.82) is 0 Å². The Morgan fingerprint density at radius 1 is 1.36 bits per heavy atom. The third-order valence-corrected chi connectivity index (χ3v) is 4.77. The van der Waals surface area contributed by atoms with Crippen LogP contribution in [0, 0.1) is 5.92 Å². The molecule has 0 spiro atoms. The van der Waals surface area contributed by atoms with E-state index in [2.05, 4.69) is 48.3 Å². The van der Waals surface area contributed by atoms with E-state index in [1.807, 2.05) is 6.07 Å². The Morgan fingerprint density at radius 3 is 3.00 bits per heavy atom. The van der Waals surface area contributed by atoms with E-state index in [-0.39, 0.29) is 0 Å². The number of piperidine rings is 1. The Bertz CT molecular complexity index is 605. The fourth-order valence-electron chi connectivity index (χ4n) is 3.50. The first kappa shape index (κ1) is 17.9. The first-order chi connectivity index (χ1) is 12.2. The summed E-state index contributed by atoms with van der Waals surface area (Å²) < 4.78 is 10.9. The highest BCUT2D eigenvalue weighted by Crippen LogP contribution is 2.32. The third-order valence-electron chi connectivity index (χ3n) is 4.77. The number of likely N-dealkylation sites (tertiary alicyclic amines) is 1. The van der Waals surface area contributed by atoms with Crippen molar-refractivity contribution < 1.29 is 9.47 Å². The number of aliphatic imine (C=N–C) groups is 1. The summed E-state index contributed by atoms with van der Waals surface area (Å²) >= 11 is 0. The number of hydrogen-bond acceptors (Lipinski definition) is 4. The molecule has 1 saturated heterocycles. The van der Waals surface area contributed by atoms with Gasteiger partial charge in [-0.05, 0) is 57.0 Å². The monoisotopic (exact) mass is 346 g/mol. The first-order valence-corrected chi connectivity index (χ1v) is 9.22. The van der Waals surface area contributed by atoms with E-state index in [4.69, 9.17) is 14.5 Å². The molecule has 25 heavy (non-hydrogen) atoms. The van der Waals surface area contributed by atoms with Crippen molar-refractivity contribution in [2.75, 3.05) is 47.1 Å². The summed E-state index contributed by atoms with van der Waals surface area (Å²) in [5, 5.41) is 3.41. The van der Waals surface area contributed by atoms with Gasteiger partial charge in [0, 0.05) is 33.2 Å². The van der Waals surface area contributed by atoms with Gasteiger partial charge in [-0.15, -0.1) is 0 Å². The lowest BCUT2D eigenvalue weighted by molar-refractivity contribution is 0.174. The number of rotatable bonds is 5. The van der Waals surface area contributed by atoms with E-state index < -0.39 is 0 Å². The second-order valence-corrected chi connectivity index (χ2v) is 7.01. The lowest BCUT2D eigenvalue weighted by Crippen LogP contribution is -2.39. The van der Waals surface area contributed by atoms with E-state index in [0.29, 0.717) is 12.7 Å². The molecule has 1 N–H and O–H groups in total. The zero-order chi connectivity index (χ0) is 17.6. The van der Waals surface area contributed by atoms with E-state index in [0.717, 1.165) is 43.6 Å². The van der Waals surface area contributed by atoms with Gasteiger partial charge < -0.3 is 24.6 Å². The Hall–Kier alpha value is -1.95. The Morgan fingerprint density at radius 2 is 2.20 bits per heavy atom. The van der Waals surface area contributed by atoms with Crippen LogP contribution in [-0.4, -0.2) is 62.8 Å². The number of nitrogens with zero attached hydrogens (tertiary/aromatic N) is 3. The molecule has 1 atom stereocenters. The molecular formula is C19H30N4O2. The van der Waals surface area contributed by atoms with Crippen LogP contribution in [0.15, 0.2) is 23.2 Å². The van der Waals surface area contributed by atoms with Crippen LogP contribution in [-0.2, 0) is 6.54 Å². The molecule has 2 heterocycles. The lowest BCUT2D eigenvalue weighted by Gasteiger charge is -2.29. The Labute approximate surface area is 150 Å². The molecule has 0 amide bonds. The van der Waals surface area contributed by atoms with Gasteiger partial charge in [-0.3, -0.25) is 4.99 Å². The second-order valence-electron chi connectivity index (χ2n) is 7.01. The maximum atomic E-state index is 5.47. The van der Waals surface area contributed by atoms with Gasteiger partial charge in [0.25, 0.3) is 0 Å². The van der Waals surface area contributed by atoms with Gasteiger partial charge in [-0.2, -0.15) is 0 Å². The Balaban J connectivity index is 1.61. The molecule has 6 heteroatoms. The first-order valence-electron chi connectivity index (χ1n) is 9.22. The number of nitrogens with one attached hydrogen (secondary N) is 1. The van der Waals surface area contributed by atoms with Crippen LogP contribution >= 0.6 is 0 Å². The van der Waals surface area contributed by atoms with Crippen molar-refractivity contribution in [2.24, 2.45) is 10.9 Å². The van der Waals surface area contributed by atoms with E-state index in [1.54, 1.807) is 0 Å². The summed E-state index contributed by atoms with van der Waals surface area (Å²) in [7, 11) is 4.28. The van der Waals surface area contributed by atoms with Gasteiger partial charge in [-0.25, -0.2) is 0 Å². The Kier molecular flexibility index (Phi) is 6.02. The van der Waals surface area contributed by atoms with Crippen LogP contribution in [0.1, 0.15) is 25.3 Å². The van der Waals surface area contributed by atoms with Crippen molar-refractivity contribution in [1.82, 2.24) is 15.1 Å². The van der Waals surface area contributed by atoms with Crippen LogP contribution in [0.4, 0.5) is 0 Å². The fraction of sp³-hybridized carbons (Fsp3) is 0.632. The molecule has 0 bridgehead atoms. The van der Waals surface area contributed by atoms with Crippen molar-refractivity contribution in [3.8, 4) is 11.5 Å². The number of guanidine groups is 1. The molecule has 0 aliphatic carbocycles. The predicted molar refractivity (Wildman–Crippen MR) is 100 cm³/mol. The minimum Gasteiger partial charge on any atom is -0.454 e. The van der Waals surface area contributed by atoms with E-state index in [1.165, 1.54) is 24.9 Å². The van der Waals surface area contributed by atoms with Crippen LogP contribution in [0.2, 0.25) is 0 Å². The summed E-state index contributed by atoms with van der Waals surface area (Å²) in [6.07, 6.45) is 2.55. The molecule has 0 saturated carbocycles. The maximum absolute atomic E-state index is 5.47. The summed E-state index contributed by atoms with van der Waals surface area (Å²) in [4.78, 5) is 9.47. The topological polar surface area (TPSA) is 49.3 Å². The van der Waals surface area contributed by atoms with Gasteiger partial charge in [0.1, 0.15) is 0 Å². The molecule has 0 aromatic heterocycles. The number of fused-ring (bicyclic) bond motifs is 1. The molecule has 1 aromatic rings. The molecule has 1 fully saturated rings. The summed E-state index contributed by atoms with van der Waals surface area (Å²) in [6.45, 7) is 7.33. The van der Waals surface area contributed by atoms with Crippen molar-refractivity contribution in [2.45, 2.75) is 26.3 Å². The molecular weight excluding hydrogens is 316 g/mol. The summed E-state index contributed by atoms with van der Waals surface area (Å²) in [6, 6.07) is 6.12. The average Bonchev–Trinajstić information content (AvgIpc) is 3.06. The molecule has 2 aliphatic rings. The molecule has 138 valence electrons. The van der Waals surface area contributed by atoms with Gasteiger partial charge in [0.15, 0.2) is 17.5 Å². The standard InChI is InChI=1S/C19H30N4O2/c1-4-20-19(21-11-16-6-5-9-22(2)12-16)23(3)13-15-7-8-17-18(10-15)25-14-24-17/h7-8,10,16H,4-6,9,11-14H2,1-3H3,(H,20,21). The minimum absolute atomic E-state index is 0.314. The van der Waals surface area contributed by atoms with Crippen LogP contribution < -0.4 is 14.8 Å². The lowest BCUT2D eigenvalue weighted by atomic mass is 9.99. The second kappa shape index (κ2) is 8.43. The zero-order valence-electron chi connectivity index (χ0n) is 15.6. The molecule has 2 aliphatic heterocycles. The predicted octanol–water partition coefficient (Wildman–Crippen LogP) is 2.15. The highest BCUT2D eigenvalue weighted by atomic mass is 16.7. The maximum Gasteiger partial charge on any atom is 0.231 e. The number of benzene rings is 1. The van der Waals surface area contributed by atoms with Crippen LogP contribution in [0.5, 0.6) is 11.5 Å². The molecule has 1 aromatic carbocycles. The zero-order valence-corrected chi connectivity index (χ0v) is 15.6. The fourth-order valence-corrected chi connectivity index (χ4v) is 3.50. The molecule has 3 rings (SSSR count). The van der Waals surface area contributed by atoms with Crippen molar-refractivity contribution in [3.05, 3.63) is 23.8 Å². The smallest absolute Gasteiger partial charge is 0.231 e. The normalized spacial score (nSPS) is 20.6.